The van der Waals surface area contributed by atoms with Crippen LogP contribution in [0.3, 0.4) is 0 Å². The van der Waals surface area contributed by atoms with Gasteiger partial charge in [-0.1, -0.05) is 35.4 Å². The molecule has 13 heteroatoms. The van der Waals surface area contributed by atoms with Crippen molar-refractivity contribution in [2.45, 2.75) is 23.6 Å². The third-order valence-electron chi connectivity index (χ3n) is 4.44. The van der Waals surface area contributed by atoms with E-state index in [0.717, 1.165) is 16.0 Å². The SMILES string of the molecule is Cc1ccc(S(=O)(=O)NC(=O)NCCN(CCO)C(=O)NS(=O)(=O)c2ccc(C)cc2)cc1. The van der Waals surface area contributed by atoms with Crippen LogP contribution in [-0.4, -0.2) is 65.1 Å². The van der Waals surface area contributed by atoms with Crippen LogP contribution in [0.1, 0.15) is 11.1 Å². The summed E-state index contributed by atoms with van der Waals surface area (Å²) in [4.78, 5) is 25.2. The predicted octanol–water partition coefficient (Wildman–Crippen LogP) is 0.684. The van der Waals surface area contributed by atoms with Crippen molar-refractivity contribution in [3.8, 4) is 0 Å². The maximum absolute atomic E-state index is 12.4. The van der Waals surface area contributed by atoms with Crippen LogP contribution in [0.4, 0.5) is 9.59 Å². The number of urea groups is 2. The van der Waals surface area contributed by atoms with Gasteiger partial charge in [0.25, 0.3) is 20.0 Å². The van der Waals surface area contributed by atoms with Crippen LogP contribution in [0.15, 0.2) is 58.3 Å². The molecular formula is C20H26N4O7S2. The minimum absolute atomic E-state index is 0.0918. The maximum Gasteiger partial charge on any atom is 0.331 e. The predicted molar refractivity (Wildman–Crippen MR) is 120 cm³/mol. The molecule has 0 aromatic heterocycles. The fourth-order valence-electron chi connectivity index (χ4n) is 2.63. The van der Waals surface area contributed by atoms with E-state index in [0.29, 0.717) is 0 Å². The standard InChI is InChI=1S/C20H26N4O7S2/c1-15-3-7-17(8-4-15)32(28,29)22-19(26)21-11-12-24(13-14-25)20(27)23-33(30,31)18-9-5-16(2)6-10-18/h3-10,25H,11-14H2,1-2H3,(H,23,27)(H2,21,22,26). The molecule has 0 atom stereocenters. The zero-order chi connectivity index (χ0) is 24.6. The van der Waals surface area contributed by atoms with Gasteiger partial charge in [0, 0.05) is 19.6 Å². The van der Waals surface area contributed by atoms with Crippen molar-refractivity contribution in [1.29, 1.82) is 0 Å². The molecule has 180 valence electrons. The van der Waals surface area contributed by atoms with E-state index in [1.807, 2.05) is 9.44 Å². The summed E-state index contributed by atoms with van der Waals surface area (Å²) in [6, 6.07) is 9.72. The lowest BCUT2D eigenvalue weighted by molar-refractivity contribution is 0.182. The number of hydrogen-bond acceptors (Lipinski definition) is 7. The minimum atomic E-state index is -4.14. The van der Waals surface area contributed by atoms with Gasteiger partial charge in [0.1, 0.15) is 0 Å². The zero-order valence-electron chi connectivity index (χ0n) is 18.1. The van der Waals surface area contributed by atoms with Gasteiger partial charge in [0.15, 0.2) is 0 Å². The molecule has 0 spiro atoms. The molecule has 2 rings (SSSR count). The van der Waals surface area contributed by atoms with Gasteiger partial charge in [0.2, 0.25) is 0 Å². The molecule has 0 saturated carbocycles. The molecule has 2 aromatic rings. The molecule has 0 bridgehead atoms. The Balaban J connectivity index is 1.93. The first-order valence-corrected chi connectivity index (χ1v) is 12.8. The number of nitrogens with one attached hydrogen (secondary N) is 3. The Morgan fingerprint density at radius 2 is 1.24 bits per heavy atom. The lowest BCUT2D eigenvalue weighted by atomic mass is 10.2. The van der Waals surface area contributed by atoms with Gasteiger partial charge >= 0.3 is 12.1 Å². The number of sulfonamides is 2. The highest BCUT2D eigenvalue weighted by Gasteiger charge is 2.22. The van der Waals surface area contributed by atoms with Crippen LogP contribution in [0.25, 0.3) is 0 Å². The maximum atomic E-state index is 12.4. The number of amides is 4. The summed E-state index contributed by atoms with van der Waals surface area (Å²) in [5.41, 5.74) is 1.70. The third-order valence-corrected chi connectivity index (χ3v) is 7.12. The molecule has 4 N–H and O–H groups in total. The first-order chi connectivity index (χ1) is 15.4. The summed E-state index contributed by atoms with van der Waals surface area (Å²) in [6.07, 6.45) is 0. The van der Waals surface area contributed by atoms with Gasteiger partial charge in [-0.3, -0.25) is 0 Å². The summed E-state index contributed by atoms with van der Waals surface area (Å²) in [6.45, 7) is 2.53. The highest BCUT2D eigenvalue weighted by molar-refractivity contribution is 7.90. The quantitative estimate of drug-likeness (QED) is 0.395. The van der Waals surface area contributed by atoms with Crippen molar-refractivity contribution >= 4 is 32.1 Å². The molecule has 0 aliphatic carbocycles. The van der Waals surface area contributed by atoms with E-state index in [-0.39, 0.29) is 29.4 Å². The number of rotatable bonds is 9. The van der Waals surface area contributed by atoms with E-state index in [1.165, 1.54) is 24.3 Å². The second-order valence-electron chi connectivity index (χ2n) is 7.11. The fraction of sp³-hybridized carbons (Fsp3) is 0.300. The average Bonchev–Trinajstić information content (AvgIpc) is 2.73. The Morgan fingerprint density at radius 1 is 0.788 bits per heavy atom. The fourth-order valence-corrected chi connectivity index (χ4v) is 4.53. The molecule has 4 amide bonds. The largest absolute Gasteiger partial charge is 0.395 e. The molecule has 0 aliphatic heterocycles. The van der Waals surface area contributed by atoms with Gasteiger partial charge in [-0.25, -0.2) is 35.9 Å². The van der Waals surface area contributed by atoms with Gasteiger partial charge < -0.3 is 15.3 Å². The number of aryl methyl sites for hydroxylation is 2. The molecular weight excluding hydrogens is 472 g/mol. The van der Waals surface area contributed by atoms with Crippen LogP contribution in [-0.2, 0) is 20.0 Å². The Bertz CT molecular complexity index is 1180. The molecule has 0 saturated heterocycles. The van der Waals surface area contributed by atoms with E-state index in [2.05, 4.69) is 5.32 Å². The van der Waals surface area contributed by atoms with Crippen LogP contribution in [0, 0.1) is 13.8 Å². The lowest BCUT2D eigenvalue weighted by Gasteiger charge is -2.22. The van der Waals surface area contributed by atoms with E-state index >= 15 is 0 Å². The lowest BCUT2D eigenvalue weighted by Crippen LogP contribution is -2.48. The van der Waals surface area contributed by atoms with Crippen LogP contribution < -0.4 is 14.8 Å². The third kappa shape index (κ3) is 7.73. The summed E-state index contributed by atoms with van der Waals surface area (Å²) in [5.74, 6) is 0. The highest BCUT2D eigenvalue weighted by Crippen LogP contribution is 2.11. The summed E-state index contributed by atoms with van der Waals surface area (Å²) in [5, 5.41) is 11.5. The molecule has 0 heterocycles. The first kappa shape index (κ1) is 26.1. The van der Waals surface area contributed by atoms with E-state index in [4.69, 9.17) is 0 Å². The highest BCUT2D eigenvalue weighted by atomic mass is 32.2. The van der Waals surface area contributed by atoms with Crippen molar-refractivity contribution in [3.05, 3.63) is 59.7 Å². The first-order valence-electron chi connectivity index (χ1n) is 9.81. The zero-order valence-corrected chi connectivity index (χ0v) is 19.7. The minimum Gasteiger partial charge on any atom is -0.395 e. The number of benzene rings is 2. The molecule has 11 nitrogen and oxygen atoms in total. The van der Waals surface area contributed by atoms with Gasteiger partial charge in [-0.05, 0) is 38.1 Å². The Hall–Kier alpha value is -3.16. The molecule has 0 unspecified atom stereocenters. The summed E-state index contributed by atoms with van der Waals surface area (Å²) >= 11 is 0. The summed E-state index contributed by atoms with van der Waals surface area (Å²) in [7, 11) is -8.23. The number of aliphatic hydroxyl groups excluding tert-OH is 1. The van der Waals surface area contributed by atoms with Crippen molar-refractivity contribution in [2.75, 3.05) is 26.2 Å². The van der Waals surface area contributed by atoms with E-state index < -0.39 is 38.7 Å². The monoisotopic (exact) mass is 498 g/mol. The smallest absolute Gasteiger partial charge is 0.331 e. The average molecular weight is 499 g/mol. The van der Waals surface area contributed by atoms with Crippen molar-refractivity contribution in [3.63, 3.8) is 0 Å². The van der Waals surface area contributed by atoms with Crippen molar-refractivity contribution < 1.29 is 31.5 Å². The van der Waals surface area contributed by atoms with Crippen LogP contribution >= 0.6 is 0 Å². The normalized spacial score (nSPS) is 11.5. The van der Waals surface area contributed by atoms with Crippen LogP contribution in [0.2, 0.25) is 0 Å². The van der Waals surface area contributed by atoms with Crippen LogP contribution in [0.5, 0.6) is 0 Å². The topological polar surface area (TPSA) is 162 Å². The van der Waals surface area contributed by atoms with E-state index in [1.54, 1.807) is 38.1 Å². The molecule has 0 radical (unpaired) electrons. The number of nitrogens with zero attached hydrogens (tertiary/aromatic N) is 1. The Labute approximate surface area is 192 Å². The molecule has 0 aliphatic rings. The summed E-state index contributed by atoms with van der Waals surface area (Å²) < 4.78 is 53.0. The van der Waals surface area contributed by atoms with Crippen molar-refractivity contribution in [1.82, 2.24) is 19.7 Å². The molecule has 2 aromatic carbocycles. The second kappa shape index (κ2) is 11.1. The number of aliphatic hydroxyl groups is 1. The van der Waals surface area contributed by atoms with Crippen molar-refractivity contribution in [2.24, 2.45) is 0 Å². The molecule has 0 fully saturated rings. The number of carbonyl (C=O) groups is 2. The van der Waals surface area contributed by atoms with Gasteiger partial charge in [-0.15, -0.1) is 0 Å². The Kier molecular flexibility index (Phi) is 8.79. The Morgan fingerprint density at radius 3 is 1.70 bits per heavy atom. The second-order valence-corrected chi connectivity index (χ2v) is 10.5. The van der Waals surface area contributed by atoms with E-state index in [9.17, 15) is 31.5 Å². The number of hydrogen-bond donors (Lipinski definition) is 4. The van der Waals surface area contributed by atoms with Gasteiger partial charge in [-0.2, -0.15) is 0 Å². The number of carbonyl (C=O) groups excluding carboxylic acids is 2. The molecule has 33 heavy (non-hydrogen) atoms. The van der Waals surface area contributed by atoms with Gasteiger partial charge in [0.05, 0.1) is 16.4 Å².